The van der Waals surface area contributed by atoms with Crippen LogP contribution in [0.25, 0.3) is 0 Å². The van der Waals surface area contributed by atoms with Crippen molar-refractivity contribution in [1.82, 2.24) is 4.90 Å². The molecule has 1 aliphatic heterocycles. The van der Waals surface area contributed by atoms with E-state index < -0.39 is 16.9 Å². The summed E-state index contributed by atoms with van der Waals surface area (Å²) in [5, 5.41) is 22.0. The maximum atomic E-state index is 12.1. The molecule has 0 aliphatic carbocycles. The second-order valence-electron chi connectivity index (χ2n) is 4.96. The zero-order valence-corrected chi connectivity index (χ0v) is 12.3. The van der Waals surface area contributed by atoms with Gasteiger partial charge in [0.15, 0.2) is 0 Å². The van der Waals surface area contributed by atoms with Gasteiger partial charge in [-0.05, 0) is 12.1 Å². The van der Waals surface area contributed by atoms with E-state index in [0.717, 1.165) is 0 Å². The van der Waals surface area contributed by atoms with Crippen LogP contribution in [0.2, 0.25) is 0 Å². The van der Waals surface area contributed by atoms with Gasteiger partial charge in [0.25, 0.3) is 11.6 Å². The van der Waals surface area contributed by atoms with Gasteiger partial charge in [-0.3, -0.25) is 19.7 Å². The van der Waals surface area contributed by atoms with Gasteiger partial charge in [0, 0.05) is 30.9 Å². The summed E-state index contributed by atoms with van der Waals surface area (Å²) in [4.78, 5) is 35.5. The Balaban J connectivity index is 1.91. The van der Waals surface area contributed by atoms with Crippen LogP contribution in [0, 0.1) is 10.1 Å². The molecule has 0 bridgehead atoms. The summed E-state index contributed by atoms with van der Waals surface area (Å²) in [5.74, 6) is -0.757. The van der Waals surface area contributed by atoms with Gasteiger partial charge in [-0.25, -0.2) is 0 Å². The van der Waals surface area contributed by atoms with E-state index in [0.29, 0.717) is 18.8 Å². The largest absolute Gasteiger partial charge is 0.395 e. The number of non-ortho nitro benzene ring substituents is 1. The van der Waals surface area contributed by atoms with Crippen molar-refractivity contribution < 1.29 is 24.4 Å². The summed E-state index contributed by atoms with van der Waals surface area (Å²) in [6.45, 7) is 0.761. The summed E-state index contributed by atoms with van der Waals surface area (Å²) < 4.78 is 5.30. The third kappa shape index (κ3) is 4.47. The molecule has 0 radical (unpaired) electrons. The summed E-state index contributed by atoms with van der Waals surface area (Å²) in [6, 6.07) is 5.39. The zero-order valence-electron chi connectivity index (χ0n) is 12.3. The fraction of sp³-hybridized carbons (Fsp3) is 0.429. The lowest BCUT2D eigenvalue weighted by atomic mass is 10.1. The second-order valence-corrected chi connectivity index (χ2v) is 4.96. The molecule has 2 amide bonds. The second kappa shape index (κ2) is 7.65. The SMILES string of the molecule is O=C(CC1OCCN(CCO)C1=O)Nc1ccc([N+](=O)[O-])cc1. The van der Waals surface area contributed by atoms with Crippen LogP contribution in [0.1, 0.15) is 6.42 Å². The van der Waals surface area contributed by atoms with Crippen molar-refractivity contribution in [2.24, 2.45) is 0 Å². The van der Waals surface area contributed by atoms with Crippen molar-refractivity contribution in [2.45, 2.75) is 12.5 Å². The van der Waals surface area contributed by atoms with Crippen molar-refractivity contribution >= 4 is 23.2 Å². The van der Waals surface area contributed by atoms with E-state index in [9.17, 15) is 19.7 Å². The topological polar surface area (TPSA) is 122 Å². The lowest BCUT2D eigenvalue weighted by Gasteiger charge is -2.31. The molecule has 23 heavy (non-hydrogen) atoms. The number of hydrogen-bond donors (Lipinski definition) is 2. The summed E-state index contributed by atoms with van der Waals surface area (Å²) >= 11 is 0. The van der Waals surface area contributed by atoms with E-state index in [1.165, 1.54) is 29.2 Å². The number of carbonyl (C=O) groups excluding carboxylic acids is 2. The molecule has 1 saturated heterocycles. The molecule has 1 unspecified atom stereocenters. The number of aliphatic hydroxyl groups is 1. The summed E-state index contributed by atoms with van der Waals surface area (Å²) in [7, 11) is 0. The van der Waals surface area contributed by atoms with E-state index in [2.05, 4.69) is 5.32 Å². The molecule has 0 aromatic heterocycles. The van der Waals surface area contributed by atoms with Gasteiger partial charge < -0.3 is 20.1 Å². The van der Waals surface area contributed by atoms with Gasteiger partial charge in [-0.1, -0.05) is 0 Å². The molecule has 9 nitrogen and oxygen atoms in total. The number of nitro groups is 1. The molecule has 124 valence electrons. The minimum atomic E-state index is -0.881. The van der Waals surface area contributed by atoms with Crippen molar-refractivity contribution in [2.75, 3.05) is 31.6 Å². The highest BCUT2D eigenvalue weighted by Gasteiger charge is 2.31. The van der Waals surface area contributed by atoms with E-state index in [-0.39, 0.29) is 31.2 Å². The van der Waals surface area contributed by atoms with Gasteiger partial charge in [-0.2, -0.15) is 0 Å². The normalized spacial score (nSPS) is 17.9. The minimum Gasteiger partial charge on any atom is -0.395 e. The Morgan fingerprint density at radius 3 is 2.74 bits per heavy atom. The highest BCUT2D eigenvalue weighted by Crippen LogP contribution is 2.16. The van der Waals surface area contributed by atoms with E-state index >= 15 is 0 Å². The molecule has 1 heterocycles. The van der Waals surface area contributed by atoms with Crippen molar-refractivity contribution in [3.05, 3.63) is 34.4 Å². The van der Waals surface area contributed by atoms with Crippen LogP contribution < -0.4 is 5.32 Å². The fourth-order valence-electron chi connectivity index (χ4n) is 2.23. The molecular formula is C14H17N3O6. The number of rotatable bonds is 6. The predicted molar refractivity (Wildman–Crippen MR) is 79.7 cm³/mol. The first-order valence-corrected chi connectivity index (χ1v) is 7.07. The van der Waals surface area contributed by atoms with Gasteiger partial charge in [0.2, 0.25) is 5.91 Å². The van der Waals surface area contributed by atoms with Gasteiger partial charge in [0.05, 0.1) is 24.6 Å². The summed E-state index contributed by atoms with van der Waals surface area (Å²) in [6.07, 6.45) is -1.04. The number of ether oxygens (including phenoxy) is 1. The Bertz CT molecular complexity index is 587. The van der Waals surface area contributed by atoms with Crippen LogP contribution in [0.15, 0.2) is 24.3 Å². The number of hydrogen-bond acceptors (Lipinski definition) is 6. The molecule has 9 heteroatoms. The lowest BCUT2D eigenvalue weighted by molar-refractivity contribution is -0.384. The smallest absolute Gasteiger partial charge is 0.269 e. The first kappa shape index (κ1) is 16.8. The molecule has 2 rings (SSSR count). The maximum absolute atomic E-state index is 12.1. The molecule has 0 saturated carbocycles. The van der Waals surface area contributed by atoms with E-state index in [4.69, 9.17) is 9.84 Å². The van der Waals surface area contributed by atoms with Crippen LogP contribution >= 0.6 is 0 Å². The molecule has 2 N–H and O–H groups in total. The number of β-amino-alcohol motifs (C(OH)–C–C–N with tert-alkyl or cyclic N) is 1. The van der Waals surface area contributed by atoms with Crippen molar-refractivity contribution in [1.29, 1.82) is 0 Å². The monoisotopic (exact) mass is 323 g/mol. The number of anilines is 1. The number of nitro benzene ring substituents is 1. The molecule has 1 atom stereocenters. The van der Waals surface area contributed by atoms with Gasteiger partial charge in [-0.15, -0.1) is 0 Å². The third-order valence-electron chi connectivity index (χ3n) is 3.37. The number of aliphatic hydroxyl groups excluding tert-OH is 1. The average Bonchev–Trinajstić information content (AvgIpc) is 2.52. The summed E-state index contributed by atoms with van der Waals surface area (Å²) in [5.41, 5.74) is 0.324. The first-order chi connectivity index (χ1) is 11.0. The molecular weight excluding hydrogens is 306 g/mol. The molecule has 1 fully saturated rings. The molecule has 1 aromatic rings. The number of benzene rings is 1. The van der Waals surface area contributed by atoms with E-state index in [1.54, 1.807) is 0 Å². The van der Waals surface area contributed by atoms with Crippen molar-refractivity contribution in [3.8, 4) is 0 Å². The molecule has 1 aromatic carbocycles. The first-order valence-electron chi connectivity index (χ1n) is 7.07. The Hall–Kier alpha value is -2.52. The van der Waals surface area contributed by atoms with Gasteiger partial charge >= 0.3 is 0 Å². The Morgan fingerprint density at radius 1 is 1.43 bits per heavy atom. The van der Waals surface area contributed by atoms with Crippen LogP contribution in [0.3, 0.4) is 0 Å². The lowest BCUT2D eigenvalue weighted by Crippen LogP contribution is -2.49. The highest BCUT2D eigenvalue weighted by molar-refractivity contribution is 5.95. The molecule has 0 spiro atoms. The Labute approximate surface area is 132 Å². The third-order valence-corrected chi connectivity index (χ3v) is 3.37. The average molecular weight is 323 g/mol. The number of morpholine rings is 1. The van der Waals surface area contributed by atoms with Crippen LogP contribution in [0.4, 0.5) is 11.4 Å². The predicted octanol–water partition coefficient (Wildman–Crippen LogP) is 0.143. The maximum Gasteiger partial charge on any atom is 0.269 e. The van der Waals surface area contributed by atoms with E-state index in [1.807, 2.05) is 0 Å². The van der Waals surface area contributed by atoms with Crippen LogP contribution in [0.5, 0.6) is 0 Å². The number of nitrogens with one attached hydrogen (secondary N) is 1. The zero-order chi connectivity index (χ0) is 16.8. The highest BCUT2D eigenvalue weighted by atomic mass is 16.6. The quantitative estimate of drug-likeness (QED) is 0.567. The standard InChI is InChI=1S/C14H17N3O6/c18-7-5-16-6-8-23-12(14(16)20)9-13(19)15-10-1-3-11(4-2-10)17(21)22/h1-4,12,18H,5-9H2,(H,15,19). The van der Waals surface area contributed by atoms with Gasteiger partial charge in [0.1, 0.15) is 6.10 Å². The number of carbonyl (C=O) groups is 2. The molecule has 1 aliphatic rings. The minimum absolute atomic E-state index is 0.0755. The van der Waals surface area contributed by atoms with Crippen LogP contribution in [-0.2, 0) is 14.3 Å². The number of amides is 2. The Morgan fingerprint density at radius 2 is 2.13 bits per heavy atom. The number of nitrogens with zero attached hydrogens (tertiary/aromatic N) is 2. The fourth-order valence-corrected chi connectivity index (χ4v) is 2.23. The van der Waals surface area contributed by atoms with Crippen LogP contribution in [-0.4, -0.2) is 59.2 Å². The Kier molecular flexibility index (Phi) is 5.61. The van der Waals surface area contributed by atoms with Crippen molar-refractivity contribution in [3.63, 3.8) is 0 Å².